The number of carbonyl (C=O) groups is 2. The second kappa shape index (κ2) is 11.6. The lowest BCUT2D eigenvalue weighted by Crippen LogP contribution is -2.31. The summed E-state index contributed by atoms with van der Waals surface area (Å²) in [6, 6.07) is 17.7. The first kappa shape index (κ1) is 23.7. The van der Waals surface area contributed by atoms with Crippen molar-refractivity contribution in [3.63, 3.8) is 0 Å². The maximum atomic E-state index is 12.4. The van der Waals surface area contributed by atoms with Crippen LogP contribution in [0.2, 0.25) is 0 Å². The molecular formula is C25H27N3O5. The molecule has 0 saturated heterocycles. The molecule has 0 aliphatic heterocycles. The maximum Gasteiger partial charge on any atom is 0.325 e. The molecule has 33 heavy (non-hydrogen) atoms. The Morgan fingerprint density at radius 1 is 1.00 bits per heavy atom. The fourth-order valence-electron chi connectivity index (χ4n) is 3.13. The normalized spacial score (nSPS) is 10.5. The summed E-state index contributed by atoms with van der Waals surface area (Å²) in [5.74, 6) is -0.417. The Morgan fingerprint density at radius 3 is 2.42 bits per heavy atom. The van der Waals surface area contributed by atoms with E-state index in [1.165, 1.54) is 5.56 Å². The van der Waals surface area contributed by atoms with Gasteiger partial charge in [0.1, 0.15) is 18.1 Å². The van der Waals surface area contributed by atoms with E-state index >= 15 is 0 Å². The van der Waals surface area contributed by atoms with Crippen molar-refractivity contribution in [1.29, 1.82) is 0 Å². The molecule has 0 aliphatic carbocycles. The van der Waals surface area contributed by atoms with Crippen LogP contribution in [-0.4, -0.2) is 46.7 Å². The second-order valence-corrected chi connectivity index (χ2v) is 7.31. The molecule has 8 nitrogen and oxygen atoms in total. The zero-order valence-corrected chi connectivity index (χ0v) is 18.7. The van der Waals surface area contributed by atoms with Crippen molar-refractivity contribution in [2.45, 2.75) is 26.7 Å². The number of nitrogens with zero attached hydrogens (tertiary/aromatic N) is 2. The van der Waals surface area contributed by atoms with E-state index in [-0.39, 0.29) is 30.3 Å². The fourth-order valence-corrected chi connectivity index (χ4v) is 3.13. The van der Waals surface area contributed by atoms with E-state index in [4.69, 9.17) is 9.47 Å². The topological polar surface area (TPSA) is 111 Å². The van der Waals surface area contributed by atoms with Crippen molar-refractivity contribution in [2.24, 2.45) is 0 Å². The Kier molecular flexibility index (Phi) is 8.35. The number of esters is 1. The molecule has 2 N–H and O–H groups in total. The molecule has 2 aromatic carbocycles. The molecule has 0 saturated carbocycles. The van der Waals surface area contributed by atoms with Gasteiger partial charge in [0.15, 0.2) is 11.4 Å². The van der Waals surface area contributed by atoms with Gasteiger partial charge in [-0.2, -0.15) is 0 Å². The van der Waals surface area contributed by atoms with E-state index in [1.54, 1.807) is 13.8 Å². The highest BCUT2D eigenvalue weighted by Gasteiger charge is 2.19. The van der Waals surface area contributed by atoms with E-state index in [2.05, 4.69) is 27.4 Å². The summed E-state index contributed by atoms with van der Waals surface area (Å²) in [6.07, 6.45) is 1.19. The third-order valence-corrected chi connectivity index (χ3v) is 4.81. The van der Waals surface area contributed by atoms with Gasteiger partial charge < -0.3 is 19.9 Å². The van der Waals surface area contributed by atoms with Gasteiger partial charge in [-0.1, -0.05) is 42.5 Å². The lowest BCUT2D eigenvalue weighted by Gasteiger charge is -2.10. The van der Waals surface area contributed by atoms with Crippen molar-refractivity contribution in [1.82, 2.24) is 15.3 Å². The van der Waals surface area contributed by atoms with Crippen molar-refractivity contribution >= 4 is 11.9 Å². The lowest BCUT2D eigenvalue weighted by atomic mass is 10.1. The van der Waals surface area contributed by atoms with Gasteiger partial charge in [0.05, 0.1) is 18.9 Å². The SMILES string of the molecule is CCOC(=O)CNC(=O)c1nc(Cc2ccc(OCCc3ccccc3)cc2)nc(C)c1O. The van der Waals surface area contributed by atoms with Gasteiger partial charge in [-0.15, -0.1) is 0 Å². The molecule has 0 radical (unpaired) electrons. The van der Waals surface area contributed by atoms with Crippen molar-refractivity contribution in [3.8, 4) is 11.5 Å². The number of hydrogen-bond acceptors (Lipinski definition) is 7. The molecule has 3 aromatic rings. The van der Waals surface area contributed by atoms with E-state index < -0.39 is 11.9 Å². The lowest BCUT2D eigenvalue weighted by molar-refractivity contribution is -0.141. The Balaban J connectivity index is 1.60. The highest BCUT2D eigenvalue weighted by atomic mass is 16.5. The molecule has 0 fully saturated rings. The number of carbonyl (C=O) groups excluding carboxylic acids is 2. The molecule has 0 spiro atoms. The van der Waals surface area contributed by atoms with Gasteiger partial charge in [0.2, 0.25) is 0 Å². The first-order valence-electron chi connectivity index (χ1n) is 10.7. The first-order valence-corrected chi connectivity index (χ1v) is 10.7. The van der Waals surface area contributed by atoms with Crippen LogP contribution in [0.15, 0.2) is 54.6 Å². The molecule has 0 bridgehead atoms. The van der Waals surface area contributed by atoms with Crippen LogP contribution < -0.4 is 10.1 Å². The van der Waals surface area contributed by atoms with Crippen LogP contribution in [0, 0.1) is 6.92 Å². The standard InChI is InChI=1S/C25H27N3O5/c1-3-32-22(29)16-26-25(31)23-24(30)17(2)27-21(28-23)15-19-9-11-20(12-10-19)33-14-13-18-7-5-4-6-8-18/h4-12,30H,3,13-16H2,1-2H3,(H,26,31). The number of hydrogen-bond donors (Lipinski definition) is 2. The monoisotopic (exact) mass is 449 g/mol. The zero-order chi connectivity index (χ0) is 23.6. The highest BCUT2D eigenvalue weighted by molar-refractivity contribution is 5.96. The Labute approximate surface area is 192 Å². The average Bonchev–Trinajstić information content (AvgIpc) is 2.82. The van der Waals surface area contributed by atoms with Crippen LogP contribution in [0.3, 0.4) is 0 Å². The summed E-state index contributed by atoms with van der Waals surface area (Å²) in [7, 11) is 0. The minimum absolute atomic E-state index is 0.178. The Hall–Kier alpha value is -3.94. The predicted molar refractivity (Wildman–Crippen MR) is 122 cm³/mol. The van der Waals surface area contributed by atoms with E-state index in [0.29, 0.717) is 18.9 Å². The summed E-state index contributed by atoms with van der Waals surface area (Å²) in [5, 5.41) is 12.6. The van der Waals surface area contributed by atoms with Crippen LogP contribution in [0.25, 0.3) is 0 Å². The number of rotatable bonds is 10. The maximum absolute atomic E-state index is 12.4. The van der Waals surface area contributed by atoms with Gasteiger partial charge in [-0.3, -0.25) is 9.59 Å². The summed E-state index contributed by atoms with van der Waals surface area (Å²) < 4.78 is 10.6. The number of aromatic hydroxyl groups is 1. The number of aryl methyl sites for hydroxylation is 1. The van der Waals surface area contributed by atoms with Crippen LogP contribution in [0.4, 0.5) is 0 Å². The van der Waals surface area contributed by atoms with Crippen LogP contribution in [0.5, 0.6) is 11.5 Å². The third kappa shape index (κ3) is 7.03. The number of ether oxygens (including phenoxy) is 2. The number of amides is 1. The van der Waals surface area contributed by atoms with Gasteiger partial charge in [-0.05, 0) is 37.1 Å². The predicted octanol–water partition coefficient (Wildman–Crippen LogP) is 3.00. The fraction of sp³-hybridized carbons (Fsp3) is 0.280. The van der Waals surface area contributed by atoms with Crippen molar-refractivity contribution in [3.05, 3.63) is 82.9 Å². The van der Waals surface area contributed by atoms with E-state index in [9.17, 15) is 14.7 Å². The van der Waals surface area contributed by atoms with Crippen molar-refractivity contribution in [2.75, 3.05) is 19.8 Å². The molecule has 0 aliphatic rings. The van der Waals surface area contributed by atoms with Gasteiger partial charge in [-0.25, -0.2) is 9.97 Å². The molecule has 0 unspecified atom stereocenters. The van der Waals surface area contributed by atoms with Gasteiger partial charge >= 0.3 is 5.97 Å². The van der Waals surface area contributed by atoms with Gasteiger partial charge in [0.25, 0.3) is 5.91 Å². The Bertz CT molecular complexity index is 1090. The van der Waals surface area contributed by atoms with Crippen molar-refractivity contribution < 1.29 is 24.2 Å². The minimum atomic E-state index is -0.672. The summed E-state index contributed by atoms with van der Waals surface area (Å²) in [4.78, 5) is 32.3. The third-order valence-electron chi connectivity index (χ3n) is 4.81. The number of nitrogens with one attached hydrogen (secondary N) is 1. The quantitative estimate of drug-likeness (QED) is 0.458. The number of benzene rings is 2. The number of aromatic nitrogens is 2. The van der Waals surface area contributed by atoms with Crippen LogP contribution >= 0.6 is 0 Å². The Morgan fingerprint density at radius 2 is 1.73 bits per heavy atom. The van der Waals surface area contributed by atoms with Crippen LogP contribution in [-0.2, 0) is 22.4 Å². The molecule has 1 heterocycles. The molecular weight excluding hydrogens is 422 g/mol. The van der Waals surface area contributed by atoms with E-state index in [1.807, 2.05) is 42.5 Å². The summed E-state index contributed by atoms with van der Waals surface area (Å²) in [5.41, 5.74) is 2.24. The zero-order valence-electron chi connectivity index (χ0n) is 18.7. The largest absolute Gasteiger partial charge is 0.504 e. The van der Waals surface area contributed by atoms with E-state index in [0.717, 1.165) is 17.7 Å². The minimum Gasteiger partial charge on any atom is -0.504 e. The average molecular weight is 450 g/mol. The highest BCUT2D eigenvalue weighted by Crippen LogP contribution is 2.20. The molecule has 1 aromatic heterocycles. The molecule has 3 rings (SSSR count). The van der Waals surface area contributed by atoms with Crippen LogP contribution in [0.1, 0.15) is 40.1 Å². The molecule has 172 valence electrons. The summed E-state index contributed by atoms with van der Waals surface area (Å²) in [6.45, 7) is 3.75. The smallest absolute Gasteiger partial charge is 0.325 e. The first-order chi connectivity index (χ1) is 16.0. The molecule has 8 heteroatoms. The molecule has 1 amide bonds. The van der Waals surface area contributed by atoms with Gasteiger partial charge in [0, 0.05) is 12.8 Å². The summed E-state index contributed by atoms with van der Waals surface area (Å²) >= 11 is 0. The molecule has 0 atom stereocenters. The second-order valence-electron chi connectivity index (χ2n) is 7.31.